The van der Waals surface area contributed by atoms with Gasteiger partial charge in [0.15, 0.2) is 11.5 Å². The maximum absolute atomic E-state index is 5.04. The first-order valence-electron chi connectivity index (χ1n) is 4.71. The van der Waals surface area contributed by atoms with Gasteiger partial charge in [-0.1, -0.05) is 0 Å². The summed E-state index contributed by atoms with van der Waals surface area (Å²) in [5.41, 5.74) is 1.48. The molecule has 0 fully saturated rings. The minimum absolute atomic E-state index is 0.191. The minimum Gasteiger partial charge on any atom is -0.383 e. The van der Waals surface area contributed by atoms with Crippen LogP contribution in [0, 0.1) is 0 Å². The van der Waals surface area contributed by atoms with E-state index in [9.17, 15) is 0 Å². The summed E-state index contributed by atoms with van der Waals surface area (Å²) in [6.45, 7) is 2.65. The standard InChI is InChI=1S/C9H13N5O/c1-6(3-15-2)14-9-7-8(11-4-10-7)12-5-13-9/h4-6H,3H2,1-2H3,(H2,10,11,12,13,14)/t6-/m1/s1. The molecule has 0 bridgehead atoms. The molecule has 2 rings (SSSR count). The molecule has 2 heterocycles. The number of nitrogens with one attached hydrogen (secondary N) is 2. The Bertz CT molecular complexity index is 441. The summed E-state index contributed by atoms with van der Waals surface area (Å²) in [6, 6.07) is 0.191. The zero-order valence-electron chi connectivity index (χ0n) is 8.69. The lowest BCUT2D eigenvalue weighted by Crippen LogP contribution is -2.21. The predicted molar refractivity (Wildman–Crippen MR) is 56.6 cm³/mol. The Morgan fingerprint density at radius 3 is 3.13 bits per heavy atom. The fraction of sp³-hybridized carbons (Fsp3) is 0.444. The third-order valence-electron chi connectivity index (χ3n) is 2.02. The van der Waals surface area contributed by atoms with Crippen LogP contribution in [-0.4, -0.2) is 39.7 Å². The van der Waals surface area contributed by atoms with Gasteiger partial charge in [0.2, 0.25) is 0 Å². The van der Waals surface area contributed by atoms with Crippen molar-refractivity contribution in [2.45, 2.75) is 13.0 Å². The number of aromatic amines is 1. The van der Waals surface area contributed by atoms with Crippen LogP contribution in [0.2, 0.25) is 0 Å². The lowest BCUT2D eigenvalue weighted by Gasteiger charge is -2.13. The number of anilines is 1. The van der Waals surface area contributed by atoms with Crippen LogP contribution in [0.15, 0.2) is 12.7 Å². The van der Waals surface area contributed by atoms with Gasteiger partial charge >= 0.3 is 0 Å². The van der Waals surface area contributed by atoms with Crippen molar-refractivity contribution in [2.75, 3.05) is 19.0 Å². The van der Waals surface area contributed by atoms with Gasteiger partial charge in [-0.2, -0.15) is 0 Å². The average molecular weight is 207 g/mol. The first-order valence-corrected chi connectivity index (χ1v) is 4.71. The van der Waals surface area contributed by atoms with Crippen molar-refractivity contribution in [3.63, 3.8) is 0 Å². The fourth-order valence-corrected chi connectivity index (χ4v) is 1.40. The Morgan fingerprint density at radius 2 is 2.33 bits per heavy atom. The number of aromatic nitrogens is 4. The second-order valence-corrected chi connectivity index (χ2v) is 3.32. The van der Waals surface area contributed by atoms with Crippen molar-refractivity contribution in [1.29, 1.82) is 0 Å². The van der Waals surface area contributed by atoms with Gasteiger partial charge in [0, 0.05) is 13.2 Å². The van der Waals surface area contributed by atoms with Crippen LogP contribution in [-0.2, 0) is 4.74 Å². The van der Waals surface area contributed by atoms with Crippen molar-refractivity contribution < 1.29 is 4.74 Å². The lowest BCUT2D eigenvalue weighted by molar-refractivity contribution is 0.190. The number of hydrogen-bond acceptors (Lipinski definition) is 5. The maximum Gasteiger partial charge on any atom is 0.182 e. The van der Waals surface area contributed by atoms with Crippen molar-refractivity contribution >= 4 is 17.0 Å². The fourth-order valence-electron chi connectivity index (χ4n) is 1.40. The second kappa shape index (κ2) is 4.22. The molecule has 0 saturated heterocycles. The first-order chi connectivity index (χ1) is 7.31. The van der Waals surface area contributed by atoms with Crippen molar-refractivity contribution in [1.82, 2.24) is 19.9 Å². The van der Waals surface area contributed by atoms with E-state index in [1.807, 2.05) is 6.92 Å². The Balaban J connectivity index is 2.23. The number of hydrogen-bond donors (Lipinski definition) is 2. The van der Waals surface area contributed by atoms with E-state index in [-0.39, 0.29) is 6.04 Å². The van der Waals surface area contributed by atoms with Crippen LogP contribution in [0.5, 0.6) is 0 Å². The van der Waals surface area contributed by atoms with E-state index in [0.717, 1.165) is 11.3 Å². The van der Waals surface area contributed by atoms with Crippen molar-refractivity contribution in [3.05, 3.63) is 12.7 Å². The van der Waals surface area contributed by atoms with Crippen LogP contribution < -0.4 is 5.32 Å². The third-order valence-corrected chi connectivity index (χ3v) is 2.02. The molecule has 2 aromatic rings. The average Bonchev–Trinajstić information content (AvgIpc) is 2.67. The van der Waals surface area contributed by atoms with Gasteiger partial charge in [-0.3, -0.25) is 0 Å². The van der Waals surface area contributed by atoms with Gasteiger partial charge in [-0.05, 0) is 6.92 Å². The van der Waals surface area contributed by atoms with Crippen molar-refractivity contribution in [3.8, 4) is 0 Å². The van der Waals surface area contributed by atoms with Crippen LogP contribution in [0.1, 0.15) is 6.92 Å². The first kappa shape index (κ1) is 9.85. The van der Waals surface area contributed by atoms with Crippen LogP contribution in [0.3, 0.4) is 0 Å². The number of ether oxygens (including phenoxy) is 1. The summed E-state index contributed by atoms with van der Waals surface area (Å²) < 4.78 is 5.04. The second-order valence-electron chi connectivity index (χ2n) is 3.32. The highest BCUT2D eigenvalue weighted by Crippen LogP contribution is 2.14. The summed E-state index contributed by atoms with van der Waals surface area (Å²) in [7, 11) is 1.67. The molecule has 6 nitrogen and oxygen atoms in total. The molecule has 0 aromatic carbocycles. The largest absolute Gasteiger partial charge is 0.383 e. The predicted octanol–water partition coefficient (Wildman–Crippen LogP) is 0.800. The normalized spacial score (nSPS) is 12.9. The van der Waals surface area contributed by atoms with Crippen LogP contribution in [0.25, 0.3) is 11.2 Å². The molecule has 2 N–H and O–H groups in total. The number of H-pyrrole nitrogens is 1. The molecule has 0 aliphatic heterocycles. The van der Waals surface area contributed by atoms with Gasteiger partial charge in [0.25, 0.3) is 0 Å². The summed E-state index contributed by atoms with van der Waals surface area (Å²) in [5.74, 6) is 0.752. The Hall–Kier alpha value is -1.69. The molecule has 80 valence electrons. The molecule has 6 heteroatoms. The molecule has 1 atom stereocenters. The van der Waals surface area contributed by atoms with Crippen LogP contribution >= 0.6 is 0 Å². The highest BCUT2D eigenvalue weighted by molar-refractivity contribution is 5.81. The molecular formula is C9H13N5O. The molecule has 15 heavy (non-hydrogen) atoms. The van der Waals surface area contributed by atoms with Gasteiger partial charge in [-0.15, -0.1) is 0 Å². The van der Waals surface area contributed by atoms with Gasteiger partial charge in [0.1, 0.15) is 11.8 Å². The van der Waals surface area contributed by atoms with Crippen LogP contribution in [0.4, 0.5) is 5.82 Å². The number of imidazole rings is 1. The van der Waals surface area contributed by atoms with E-state index in [2.05, 4.69) is 25.3 Å². The smallest absolute Gasteiger partial charge is 0.182 e. The monoisotopic (exact) mass is 207 g/mol. The number of rotatable bonds is 4. The number of nitrogens with zero attached hydrogens (tertiary/aromatic N) is 3. The number of fused-ring (bicyclic) bond motifs is 1. The molecule has 0 aliphatic rings. The molecule has 0 radical (unpaired) electrons. The maximum atomic E-state index is 5.04. The van der Waals surface area contributed by atoms with Crippen molar-refractivity contribution in [2.24, 2.45) is 0 Å². The molecule has 0 unspecified atom stereocenters. The van der Waals surface area contributed by atoms with E-state index < -0.39 is 0 Å². The molecule has 2 aromatic heterocycles. The van der Waals surface area contributed by atoms with Gasteiger partial charge < -0.3 is 15.0 Å². The zero-order chi connectivity index (χ0) is 10.7. The molecular weight excluding hydrogens is 194 g/mol. The quantitative estimate of drug-likeness (QED) is 0.775. The minimum atomic E-state index is 0.191. The molecule has 0 spiro atoms. The van der Waals surface area contributed by atoms with E-state index in [4.69, 9.17) is 4.74 Å². The Labute approximate surface area is 87.1 Å². The third kappa shape index (κ3) is 2.04. The van der Waals surface area contributed by atoms with E-state index in [0.29, 0.717) is 12.3 Å². The highest BCUT2D eigenvalue weighted by atomic mass is 16.5. The zero-order valence-corrected chi connectivity index (χ0v) is 8.69. The Morgan fingerprint density at radius 1 is 1.47 bits per heavy atom. The van der Waals surface area contributed by atoms with E-state index in [1.165, 1.54) is 6.33 Å². The summed E-state index contributed by atoms with van der Waals surface area (Å²) in [6.07, 6.45) is 3.09. The SMILES string of the molecule is COC[C@@H](C)Nc1ncnc2nc[nH]c12. The van der Waals surface area contributed by atoms with Gasteiger partial charge in [0.05, 0.1) is 12.9 Å². The summed E-state index contributed by atoms with van der Waals surface area (Å²) in [4.78, 5) is 15.2. The van der Waals surface area contributed by atoms with E-state index >= 15 is 0 Å². The van der Waals surface area contributed by atoms with E-state index in [1.54, 1.807) is 13.4 Å². The number of methoxy groups -OCH3 is 1. The topological polar surface area (TPSA) is 75.7 Å². The summed E-state index contributed by atoms with van der Waals surface area (Å²) >= 11 is 0. The summed E-state index contributed by atoms with van der Waals surface area (Å²) in [5, 5.41) is 3.22. The van der Waals surface area contributed by atoms with Gasteiger partial charge in [-0.25, -0.2) is 15.0 Å². The lowest BCUT2D eigenvalue weighted by atomic mass is 10.3. The Kier molecular flexibility index (Phi) is 2.77. The molecule has 0 aliphatic carbocycles. The molecule has 0 saturated carbocycles. The highest BCUT2D eigenvalue weighted by Gasteiger charge is 2.08. The molecule has 0 amide bonds.